The van der Waals surface area contributed by atoms with E-state index in [-0.39, 0.29) is 5.78 Å². The topological polar surface area (TPSA) is 55.8 Å². The van der Waals surface area contributed by atoms with Crippen LogP contribution in [0.3, 0.4) is 0 Å². The summed E-state index contributed by atoms with van der Waals surface area (Å²) in [5, 5.41) is 8.92. The van der Waals surface area contributed by atoms with Gasteiger partial charge < -0.3 is 14.6 Å². The summed E-state index contributed by atoms with van der Waals surface area (Å²) in [6.45, 7) is 1.66. The van der Waals surface area contributed by atoms with Gasteiger partial charge in [-0.25, -0.2) is 0 Å². The third-order valence-electron chi connectivity index (χ3n) is 6.62. The van der Waals surface area contributed by atoms with Crippen molar-refractivity contribution in [2.75, 3.05) is 19.8 Å². The summed E-state index contributed by atoms with van der Waals surface area (Å²) in [4.78, 5) is 12.4. The highest BCUT2D eigenvalue weighted by atomic mass is 16.7. The molecule has 0 bridgehead atoms. The highest BCUT2D eigenvalue weighted by Crippen LogP contribution is 2.48. The van der Waals surface area contributed by atoms with Crippen LogP contribution in [0.15, 0.2) is 42.5 Å². The second-order valence-corrected chi connectivity index (χ2v) is 8.76. The van der Waals surface area contributed by atoms with Crippen LogP contribution in [-0.2, 0) is 20.7 Å². The molecule has 0 aromatic heterocycles. The van der Waals surface area contributed by atoms with Gasteiger partial charge >= 0.3 is 0 Å². The van der Waals surface area contributed by atoms with Crippen LogP contribution in [0.4, 0.5) is 0 Å². The quantitative estimate of drug-likeness (QED) is 0.354. The van der Waals surface area contributed by atoms with E-state index >= 15 is 0 Å². The van der Waals surface area contributed by atoms with E-state index in [2.05, 4.69) is 18.2 Å². The predicted molar refractivity (Wildman–Crippen MR) is 119 cm³/mol. The van der Waals surface area contributed by atoms with E-state index < -0.39 is 5.79 Å². The lowest BCUT2D eigenvalue weighted by atomic mass is 9.87. The third-order valence-corrected chi connectivity index (χ3v) is 6.62. The van der Waals surface area contributed by atoms with E-state index in [9.17, 15) is 4.79 Å². The molecule has 30 heavy (non-hydrogen) atoms. The average Bonchev–Trinajstić information content (AvgIpc) is 3.37. The number of hydrogen-bond donors (Lipinski definition) is 1. The van der Waals surface area contributed by atoms with Crippen molar-refractivity contribution in [1.82, 2.24) is 0 Å². The van der Waals surface area contributed by atoms with Crippen LogP contribution < -0.4 is 0 Å². The number of benzene rings is 1. The number of ketones is 1. The van der Waals surface area contributed by atoms with Gasteiger partial charge in [0.2, 0.25) is 0 Å². The normalized spacial score (nSPS) is 23.0. The summed E-state index contributed by atoms with van der Waals surface area (Å²) in [5.74, 6) is 0.504. The number of ether oxygens (including phenoxy) is 2. The van der Waals surface area contributed by atoms with E-state index in [0.717, 1.165) is 51.4 Å². The molecule has 1 saturated carbocycles. The van der Waals surface area contributed by atoms with Crippen LogP contribution >= 0.6 is 0 Å². The summed E-state index contributed by atoms with van der Waals surface area (Å²) >= 11 is 0. The molecule has 166 valence electrons. The highest BCUT2D eigenvalue weighted by molar-refractivity contribution is 5.89. The second kappa shape index (κ2) is 12.4. The standard InChI is InChI=1S/C26H38O4/c27-19-8-3-1-2-7-14-25-23(17-18-26(25)29-20-21-30-26)15-16-24(28)13-9-12-22-10-5-4-6-11-22/h4-6,10-11,15-16,23,25,27H,1-3,7-9,12-14,17-21H2. The van der Waals surface area contributed by atoms with Crippen molar-refractivity contribution in [1.29, 1.82) is 0 Å². The lowest BCUT2D eigenvalue weighted by Crippen LogP contribution is -2.36. The second-order valence-electron chi connectivity index (χ2n) is 8.76. The van der Waals surface area contributed by atoms with E-state index in [1.165, 1.54) is 18.4 Å². The number of hydrogen-bond acceptors (Lipinski definition) is 4. The van der Waals surface area contributed by atoms with Crippen LogP contribution in [0.25, 0.3) is 0 Å². The zero-order valence-corrected chi connectivity index (χ0v) is 18.3. The van der Waals surface area contributed by atoms with E-state index in [1.54, 1.807) is 0 Å². The Bertz CT molecular complexity index is 648. The Morgan fingerprint density at radius 2 is 1.77 bits per heavy atom. The van der Waals surface area contributed by atoms with Crippen molar-refractivity contribution >= 4 is 5.78 Å². The van der Waals surface area contributed by atoms with Crippen molar-refractivity contribution in [2.24, 2.45) is 11.8 Å². The molecule has 4 heteroatoms. The molecule has 1 aromatic rings. The van der Waals surface area contributed by atoms with Crippen molar-refractivity contribution in [3.8, 4) is 0 Å². The summed E-state index contributed by atoms with van der Waals surface area (Å²) in [5.41, 5.74) is 1.29. The minimum atomic E-state index is -0.420. The third kappa shape index (κ3) is 6.76. The van der Waals surface area contributed by atoms with E-state index in [1.807, 2.05) is 24.3 Å². The lowest BCUT2D eigenvalue weighted by Gasteiger charge is -2.31. The molecule has 3 rings (SSSR count). The largest absolute Gasteiger partial charge is 0.396 e. The van der Waals surface area contributed by atoms with Gasteiger partial charge in [-0.1, -0.05) is 62.1 Å². The van der Waals surface area contributed by atoms with Gasteiger partial charge in [0.25, 0.3) is 0 Å². The fourth-order valence-electron chi connectivity index (χ4n) is 5.01. The molecule has 1 N–H and O–H groups in total. The summed E-state index contributed by atoms with van der Waals surface area (Å²) < 4.78 is 12.2. The molecule has 1 spiro atoms. The minimum absolute atomic E-state index is 0.225. The number of aryl methyl sites for hydroxylation is 1. The van der Waals surface area contributed by atoms with Gasteiger partial charge in [0.1, 0.15) is 0 Å². The molecule has 2 aliphatic rings. The van der Waals surface area contributed by atoms with Crippen LogP contribution in [0.1, 0.15) is 69.8 Å². The van der Waals surface area contributed by atoms with Crippen molar-refractivity contribution in [2.45, 2.75) is 76.4 Å². The average molecular weight is 415 g/mol. The zero-order valence-electron chi connectivity index (χ0n) is 18.3. The van der Waals surface area contributed by atoms with Gasteiger partial charge in [-0.2, -0.15) is 0 Å². The first kappa shape index (κ1) is 23.2. The van der Waals surface area contributed by atoms with Gasteiger partial charge in [-0.15, -0.1) is 0 Å². The summed E-state index contributed by atoms with van der Waals surface area (Å²) in [6.07, 6.45) is 14.9. The van der Waals surface area contributed by atoms with Crippen molar-refractivity contribution in [3.63, 3.8) is 0 Å². The molecule has 1 heterocycles. The van der Waals surface area contributed by atoms with E-state index in [4.69, 9.17) is 14.6 Å². The fraction of sp³-hybridized carbons (Fsp3) is 0.654. The van der Waals surface area contributed by atoms with Crippen LogP contribution in [0.5, 0.6) is 0 Å². The molecule has 2 unspecified atom stereocenters. The number of carbonyl (C=O) groups excluding carboxylic acids is 1. The fourth-order valence-corrected chi connectivity index (χ4v) is 5.01. The first-order valence-electron chi connectivity index (χ1n) is 11.9. The Morgan fingerprint density at radius 1 is 1.03 bits per heavy atom. The Hall–Kier alpha value is -1.49. The molecule has 2 fully saturated rings. The van der Waals surface area contributed by atoms with Gasteiger partial charge in [0.05, 0.1) is 13.2 Å². The Labute approximate surface area is 181 Å². The molecule has 1 saturated heterocycles. The monoisotopic (exact) mass is 414 g/mol. The highest BCUT2D eigenvalue weighted by Gasteiger charge is 2.51. The number of allylic oxidation sites excluding steroid dienone is 2. The minimum Gasteiger partial charge on any atom is -0.396 e. The number of unbranched alkanes of at least 4 members (excludes halogenated alkanes) is 4. The first-order valence-corrected chi connectivity index (χ1v) is 11.9. The van der Waals surface area contributed by atoms with Crippen molar-refractivity contribution < 1.29 is 19.4 Å². The molecular formula is C26H38O4. The summed E-state index contributed by atoms with van der Waals surface area (Å²) in [6, 6.07) is 10.4. The number of aliphatic hydroxyl groups is 1. The Morgan fingerprint density at radius 3 is 2.53 bits per heavy atom. The number of aliphatic hydroxyl groups excluding tert-OH is 1. The van der Waals surface area contributed by atoms with E-state index in [0.29, 0.717) is 38.1 Å². The van der Waals surface area contributed by atoms with Gasteiger partial charge in [-0.3, -0.25) is 4.79 Å². The molecular weight excluding hydrogens is 376 g/mol. The maximum absolute atomic E-state index is 12.4. The van der Waals surface area contributed by atoms with Crippen LogP contribution in [-0.4, -0.2) is 36.5 Å². The van der Waals surface area contributed by atoms with Gasteiger partial charge in [0, 0.05) is 25.4 Å². The van der Waals surface area contributed by atoms with Gasteiger partial charge in [0.15, 0.2) is 11.6 Å². The number of rotatable bonds is 13. The SMILES string of the molecule is O=C(C=CC1CCC2(OCCO2)C1CCCCCCCO)CCCc1ccccc1. The predicted octanol–water partition coefficient (Wildman–Crippen LogP) is 5.24. The molecule has 1 aliphatic heterocycles. The van der Waals surface area contributed by atoms with Crippen molar-refractivity contribution in [3.05, 3.63) is 48.0 Å². The maximum Gasteiger partial charge on any atom is 0.171 e. The first-order chi connectivity index (χ1) is 14.7. The summed E-state index contributed by atoms with van der Waals surface area (Å²) in [7, 11) is 0. The smallest absolute Gasteiger partial charge is 0.171 e. The van der Waals surface area contributed by atoms with Gasteiger partial charge in [-0.05, 0) is 49.7 Å². The molecule has 0 amide bonds. The number of carbonyl (C=O) groups is 1. The molecule has 1 aromatic carbocycles. The zero-order chi connectivity index (χ0) is 21.1. The van der Waals surface area contributed by atoms with Crippen LogP contribution in [0.2, 0.25) is 0 Å². The Balaban J connectivity index is 1.46. The lowest BCUT2D eigenvalue weighted by molar-refractivity contribution is -0.186. The molecule has 4 nitrogen and oxygen atoms in total. The van der Waals surface area contributed by atoms with Crippen LogP contribution in [0, 0.1) is 11.8 Å². The molecule has 2 atom stereocenters. The Kier molecular flexibility index (Phi) is 9.57. The maximum atomic E-state index is 12.4. The molecule has 0 radical (unpaired) electrons. The molecule has 1 aliphatic carbocycles.